The summed E-state index contributed by atoms with van der Waals surface area (Å²) < 4.78 is 14.9. The van der Waals surface area contributed by atoms with Gasteiger partial charge >= 0.3 is 0 Å². The number of hydrogen-bond acceptors (Lipinski definition) is 6. The number of nitriles is 1. The van der Waals surface area contributed by atoms with Gasteiger partial charge in [-0.25, -0.2) is 4.39 Å². The molecular formula is C26H32ClFN6O2. The fourth-order valence-electron chi connectivity index (χ4n) is 4.25. The molecule has 0 bridgehead atoms. The normalized spacial score (nSPS) is 13.0. The van der Waals surface area contributed by atoms with E-state index in [1.807, 2.05) is 48.2 Å². The Morgan fingerprint density at radius 2 is 1.67 bits per heavy atom. The first-order valence-electron chi connectivity index (χ1n) is 11.3. The van der Waals surface area contributed by atoms with Crippen LogP contribution in [-0.4, -0.2) is 73.5 Å². The van der Waals surface area contributed by atoms with Gasteiger partial charge in [0.15, 0.2) is 0 Å². The number of halogens is 2. The SMILES string of the molecule is CCl.CN(C)CCn1c(=O)c(C#N)c(N2CCN(C(=O)c3ccc(F)cc3)CC2)c2ccccc21.N. The van der Waals surface area contributed by atoms with Crippen LogP contribution in [0.4, 0.5) is 10.1 Å². The molecular weight excluding hydrogens is 483 g/mol. The van der Waals surface area contributed by atoms with E-state index in [2.05, 4.69) is 17.7 Å². The van der Waals surface area contributed by atoms with Gasteiger partial charge in [0, 0.05) is 56.6 Å². The number of anilines is 1. The van der Waals surface area contributed by atoms with Crippen molar-refractivity contribution in [3.63, 3.8) is 0 Å². The molecule has 3 aromatic rings. The lowest BCUT2D eigenvalue weighted by molar-refractivity contribution is 0.0747. The fourth-order valence-corrected chi connectivity index (χ4v) is 4.25. The second-order valence-corrected chi connectivity index (χ2v) is 8.40. The number of hydrogen-bond donors (Lipinski definition) is 1. The quantitative estimate of drug-likeness (QED) is 0.522. The second kappa shape index (κ2) is 13.0. The summed E-state index contributed by atoms with van der Waals surface area (Å²) in [6.45, 7) is 3.04. The molecule has 1 aliphatic heterocycles. The van der Waals surface area contributed by atoms with E-state index in [1.165, 1.54) is 30.6 Å². The van der Waals surface area contributed by atoms with E-state index in [0.717, 1.165) is 10.9 Å². The van der Waals surface area contributed by atoms with Crippen molar-refractivity contribution >= 4 is 34.1 Å². The topological polar surface area (TPSA) is 108 Å². The maximum absolute atomic E-state index is 13.3. The summed E-state index contributed by atoms with van der Waals surface area (Å²) in [5.74, 6) is -0.535. The average molecular weight is 515 g/mol. The van der Waals surface area contributed by atoms with E-state index in [-0.39, 0.29) is 29.0 Å². The van der Waals surface area contributed by atoms with Crippen LogP contribution in [0.25, 0.3) is 10.9 Å². The molecule has 0 aliphatic carbocycles. The van der Waals surface area contributed by atoms with Crippen molar-refractivity contribution in [3.8, 4) is 6.07 Å². The molecule has 1 aliphatic rings. The Bertz CT molecular complexity index is 1280. The van der Waals surface area contributed by atoms with E-state index in [0.29, 0.717) is 50.5 Å². The summed E-state index contributed by atoms with van der Waals surface area (Å²) in [4.78, 5) is 31.8. The van der Waals surface area contributed by atoms with Crippen LogP contribution in [0, 0.1) is 17.1 Å². The van der Waals surface area contributed by atoms with Gasteiger partial charge in [-0.2, -0.15) is 5.26 Å². The van der Waals surface area contributed by atoms with Crippen LogP contribution < -0.4 is 16.6 Å². The van der Waals surface area contributed by atoms with Gasteiger partial charge in [-0.1, -0.05) is 18.2 Å². The molecule has 0 atom stereocenters. The molecule has 2 aromatic carbocycles. The maximum atomic E-state index is 13.3. The van der Waals surface area contributed by atoms with Gasteiger partial charge in [0.05, 0.1) is 11.2 Å². The van der Waals surface area contributed by atoms with Crippen molar-refractivity contribution in [2.75, 3.05) is 58.1 Å². The number of alkyl halides is 1. The van der Waals surface area contributed by atoms with Crippen LogP contribution in [0.3, 0.4) is 0 Å². The second-order valence-electron chi connectivity index (χ2n) is 8.40. The lowest BCUT2D eigenvalue weighted by Gasteiger charge is -2.37. The molecule has 0 radical (unpaired) electrons. The van der Waals surface area contributed by atoms with Crippen LogP contribution in [0.1, 0.15) is 15.9 Å². The van der Waals surface area contributed by atoms with Crippen molar-refractivity contribution in [2.45, 2.75) is 6.54 Å². The molecule has 0 spiro atoms. The lowest BCUT2D eigenvalue weighted by Crippen LogP contribution is -2.49. The van der Waals surface area contributed by atoms with Crippen LogP contribution in [0.2, 0.25) is 0 Å². The van der Waals surface area contributed by atoms with E-state index in [1.54, 1.807) is 9.47 Å². The number of carbonyl (C=O) groups is 1. The van der Waals surface area contributed by atoms with Crippen LogP contribution in [0.15, 0.2) is 53.3 Å². The highest BCUT2D eigenvalue weighted by Crippen LogP contribution is 2.29. The minimum absolute atomic E-state index is 0. The zero-order chi connectivity index (χ0) is 25.5. The van der Waals surface area contributed by atoms with Crippen LogP contribution in [-0.2, 0) is 6.54 Å². The number of fused-ring (bicyclic) bond motifs is 1. The van der Waals surface area contributed by atoms with E-state index < -0.39 is 0 Å². The number of carbonyl (C=O) groups excluding carboxylic acids is 1. The summed E-state index contributed by atoms with van der Waals surface area (Å²) >= 11 is 4.64. The number of pyridine rings is 1. The Labute approximate surface area is 215 Å². The summed E-state index contributed by atoms with van der Waals surface area (Å²) in [6, 6.07) is 15.3. The minimum atomic E-state index is -0.382. The molecule has 1 amide bonds. The smallest absolute Gasteiger partial charge is 0.271 e. The third-order valence-electron chi connectivity index (χ3n) is 6.00. The first kappa shape index (κ1) is 28.8. The molecule has 4 rings (SSSR count). The van der Waals surface area contributed by atoms with Gasteiger partial charge in [-0.05, 0) is 44.4 Å². The number of benzene rings is 2. The Kier molecular flexibility index (Phi) is 10.4. The molecule has 1 aromatic heterocycles. The number of amides is 1. The van der Waals surface area contributed by atoms with Crippen LogP contribution >= 0.6 is 11.6 Å². The molecule has 1 fully saturated rings. The van der Waals surface area contributed by atoms with Crippen molar-refractivity contribution in [1.82, 2.24) is 20.5 Å². The van der Waals surface area contributed by atoms with E-state index in [4.69, 9.17) is 0 Å². The Morgan fingerprint density at radius 3 is 2.25 bits per heavy atom. The largest absolute Gasteiger partial charge is 0.366 e. The maximum Gasteiger partial charge on any atom is 0.271 e. The number of aromatic nitrogens is 1. The number of piperazine rings is 1. The highest BCUT2D eigenvalue weighted by molar-refractivity contribution is 6.15. The average Bonchev–Trinajstić information content (AvgIpc) is 2.88. The van der Waals surface area contributed by atoms with Gasteiger partial charge in [0.1, 0.15) is 17.4 Å². The van der Waals surface area contributed by atoms with Crippen LogP contribution in [0.5, 0.6) is 0 Å². The van der Waals surface area contributed by atoms with Gasteiger partial charge in [-0.3, -0.25) is 9.59 Å². The van der Waals surface area contributed by atoms with Crippen molar-refractivity contribution < 1.29 is 9.18 Å². The number of nitrogens with zero attached hydrogens (tertiary/aromatic N) is 5. The Hall–Kier alpha value is -3.45. The fraction of sp³-hybridized carbons (Fsp3) is 0.346. The molecule has 0 saturated carbocycles. The third-order valence-corrected chi connectivity index (χ3v) is 6.00. The van der Waals surface area contributed by atoms with Crippen molar-refractivity contribution in [3.05, 3.63) is 75.8 Å². The molecule has 8 nitrogen and oxygen atoms in total. The third kappa shape index (κ3) is 6.02. The number of rotatable bonds is 5. The summed E-state index contributed by atoms with van der Waals surface area (Å²) in [5.41, 5.74) is 1.70. The highest BCUT2D eigenvalue weighted by atomic mass is 35.5. The molecule has 10 heteroatoms. The zero-order valence-electron chi connectivity index (χ0n) is 20.9. The summed E-state index contributed by atoms with van der Waals surface area (Å²) in [6.07, 6.45) is 1.47. The predicted molar refractivity (Wildman–Crippen MR) is 143 cm³/mol. The van der Waals surface area contributed by atoms with Gasteiger partial charge < -0.3 is 25.4 Å². The van der Waals surface area contributed by atoms with Gasteiger partial charge in [0.25, 0.3) is 11.5 Å². The zero-order valence-corrected chi connectivity index (χ0v) is 21.6. The van der Waals surface area contributed by atoms with E-state index >= 15 is 0 Å². The molecule has 192 valence electrons. The summed E-state index contributed by atoms with van der Waals surface area (Å²) in [7, 11) is 3.89. The Morgan fingerprint density at radius 1 is 1.06 bits per heavy atom. The molecule has 0 unspecified atom stereocenters. The van der Waals surface area contributed by atoms with Crippen molar-refractivity contribution in [2.24, 2.45) is 0 Å². The van der Waals surface area contributed by atoms with Gasteiger partial charge in [-0.15, -0.1) is 11.6 Å². The first-order valence-corrected chi connectivity index (χ1v) is 12.0. The lowest BCUT2D eigenvalue weighted by atomic mass is 10.1. The molecule has 1 saturated heterocycles. The van der Waals surface area contributed by atoms with E-state index in [9.17, 15) is 19.2 Å². The first-order chi connectivity index (χ1) is 16.9. The highest BCUT2D eigenvalue weighted by Gasteiger charge is 2.27. The van der Waals surface area contributed by atoms with Gasteiger partial charge in [0.2, 0.25) is 0 Å². The molecule has 36 heavy (non-hydrogen) atoms. The summed E-state index contributed by atoms with van der Waals surface area (Å²) in [5, 5.41) is 10.8. The number of likely N-dealkylation sites (N-methyl/N-ethyl adjacent to an activating group) is 1. The Balaban J connectivity index is 0.00000148. The minimum Gasteiger partial charge on any atom is -0.366 e. The predicted octanol–water partition coefficient (Wildman–Crippen LogP) is 3.55. The van der Waals surface area contributed by atoms with Crippen molar-refractivity contribution in [1.29, 1.82) is 5.26 Å². The molecule has 3 N–H and O–H groups in total. The molecule has 2 heterocycles. The monoisotopic (exact) mass is 514 g/mol. The standard InChI is InChI=1S/C25H26FN5O2.CH3Cl.H3N/c1-28(2)11-16-31-22-6-4-3-5-20(22)23(21(17-27)25(31)33)29-12-14-30(15-13-29)24(32)18-7-9-19(26)10-8-18;1-2;/h3-10H,11-16H2,1-2H3;1H3;1H3. The number of para-hydroxylation sites is 1.